The SMILES string of the molecule is CCCNC(C)(C#N)CCN1CCC(N2CCCC2)C1. The van der Waals surface area contributed by atoms with Gasteiger partial charge in [0.15, 0.2) is 0 Å². The lowest BCUT2D eigenvalue weighted by Gasteiger charge is -2.27. The fourth-order valence-electron chi connectivity index (χ4n) is 3.39. The van der Waals surface area contributed by atoms with Crippen molar-refractivity contribution in [1.82, 2.24) is 15.1 Å². The summed E-state index contributed by atoms with van der Waals surface area (Å²) in [6.07, 6.45) is 6.08. The van der Waals surface area contributed by atoms with Gasteiger partial charge in [-0.05, 0) is 65.2 Å². The third-order valence-electron chi connectivity index (χ3n) is 4.84. The highest BCUT2D eigenvalue weighted by Crippen LogP contribution is 2.21. The van der Waals surface area contributed by atoms with Crippen molar-refractivity contribution in [2.45, 2.75) is 57.5 Å². The minimum atomic E-state index is -0.359. The lowest BCUT2D eigenvalue weighted by Crippen LogP contribution is -2.44. The highest BCUT2D eigenvalue weighted by Gasteiger charge is 2.30. The van der Waals surface area contributed by atoms with Gasteiger partial charge in [-0.1, -0.05) is 6.92 Å². The Hall–Kier alpha value is -0.630. The molecule has 4 heteroatoms. The molecule has 2 fully saturated rings. The van der Waals surface area contributed by atoms with Crippen LogP contribution in [-0.2, 0) is 0 Å². The summed E-state index contributed by atoms with van der Waals surface area (Å²) in [5.41, 5.74) is -0.359. The van der Waals surface area contributed by atoms with Crippen LogP contribution in [0.5, 0.6) is 0 Å². The summed E-state index contributed by atoms with van der Waals surface area (Å²) in [6.45, 7) is 11.2. The highest BCUT2D eigenvalue weighted by molar-refractivity contribution is 5.04. The molecule has 0 aromatic carbocycles. The normalized spacial score (nSPS) is 27.6. The molecule has 0 radical (unpaired) electrons. The molecule has 0 aromatic rings. The summed E-state index contributed by atoms with van der Waals surface area (Å²) in [4.78, 5) is 5.21. The fourth-order valence-corrected chi connectivity index (χ4v) is 3.39. The van der Waals surface area contributed by atoms with Gasteiger partial charge in [0.1, 0.15) is 5.54 Å². The maximum absolute atomic E-state index is 9.37. The third kappa shape index (κ3) is 4.18. The zero-order chi connectivity index (χ0) is 14.4. The van der Waals surface area contributed by atoms with Crippen molar-refractivity contribution < 1.29 is 0 Å². The van der Waals surface area contributed by atoms with E-state index in [1.807, 2.05) is 6.92 Å². The highest BCUT2D eigenvalue weighted by atomic mass is 15.3. The average molecular weight is 278 g/mol. The van der Waals surface area contributed by atoms with Gasteiger partial charge in [0.2, 0.25) is 0 Å². The first-order chi connectivity index (χ1) is 9.67. The average Bonchev–Trinajstić information content (AvgIpc) is 3.13. The van der Waals surface area contributed by atoms with E-state index >= 15 is 0 Å². The van der Waals surface area contributed by atoms with Gasteiger partial charge in [-0.25, -0.2) is 0 Å². The molecule has 114 valence electrons. The molecule has 2 heterocycles. The van der Waals surface area contributed by atoms with E-state index in [0.717, 1.165) is 32.0 Å². The first kappa shape index (κ1) is 15.8. The quantitative estimate of drug-likeness (QED) is 0.771. The molecule has 0 saturated carbocycles. The van der Waals surface area contributed by atoms with Crippen LogP contribution in [0.2, 0.25) is 0 Å². The molecule has 0 amide bonds. The second-order valence-electron chi connectivity index (χ2n) is 6.61. The summed E-state index contributed by atoms with van der Waals surface area (Å²) in [7, 11) is 0. The molecule has 2 aliphatic rings. The van der Waals surface area contributed by atoms with Crippen LogP contribution in [0.15, 0.2) is 0 Å². The standard InChI is InChI=1S/C16H30N4/c1-3-8-18-16(2,14-17)7-12-19-11-6-15(13-19)20-9-4-5-10-20/h15,18H,3-13H2,1-2H3. The number of likely N-dealkylation sites (tertiary alicyclic amines) is 2. The number of nitrogens with zero attached hydrogens (tertiary/aromatic N) is 3. The summed E-state index contributed by atoms with van der Waals surface area (Å²) >= 11 is 0. The molecule has 2 rings (SSSR count). The van der Waals surface area contributed by atoms with E-state index in [9.17, 15) is 5.26 Å². The van der Waals surface area contributed by atoms with Crippen LogP contribution in [0, 0.1) is 11.3 Å². The van der Waals surface area contributed by atoms with E-state index in [4.69, 9.17) is 0 Å². The van der Waals surface area contributed by atoms with Crippen molar-refractivity contribution in [3.05, 3.63) is 0 Å². The third-order valence-corrected chi connectivity index (χ3v) is 4.84. The Morgan fingerprint density at radius 3 is 2.70 bits per heavy atom. The molecule has 20 heavy (non-hydrogen) atoms. The molecule has 4 nitrogen and oxygen atoms in total. The van der Waals surface area contributed by atoms with Crippen molar-refractivity contribution in [3.8, 4) is 6.07 Å². The van der Waals surface area contributed by atoms with Crippen LogP contribution in [0.1, 0.15) is 46.0 Å². The smallest absolute Gasteiger partial charge is 0.105 e. The van der Waals surface area contributed by atoms with Gasteiger partial charge in [0.25, 0.3) is 0 Å². The minimum Gasteiger partial charge on any atom is -0.302 e. The number of hydrogen-bond donors (Lipinski definition) is 1. The molecule has 2 aliphatic heterocycles. The molecule has 2 unspecified atom stereocenters. The molecule has 0 bridgehead atoms. The Morgan fingerprint density at radius 2 is 2.05 bits per heavy atom. The van der Waals surface area contributed by atoms with Crippen LogP contribution < -0.4 is 5.32 Å². The number of nitriles is 1. The van der Waals surface area contributed by atoms with E-state index < -0.39 is 0 Å². The predicted molar refractivity (Wildman–Crippen MR) is 82.6 cm³/mol. The maximum atomic E-state index is 9.37. The van der Waals surface area contributed by atoms with E-state index in [0.29, 0.717) is 0 Å². The van der Waals surface area contributed by atoms with E-state index in [1.165, 1.54) is 45.4 Å². The molecule has 0 spiro atoms. The molecule has 0 aromatic heterocycles. The summed E-state index contributed by atoms with van der Waals surface area (Å²) in [5.74, 6) is 0. The summed E-state index contributed by atoms with van der Waals surface area (Å²) in [6, 6.07) is 3.23. The first-order valence-electron chi connectivity index (χ1n) is 8.29. The molecule has 2 atom stereocenters. The Morgan fingerprint density at radius 1 is 1.30 bits per heavy atom. The van der Waals surface area contributed by atoms with Gasteiger partial charge in [-0.15, -0.1) is 0 Å². The molecular weight excluding hydrogens is 248 g/mol. The van der Waals surface area contributed by atoms with Crippen molar-refractivity contribution in [3.63, 3.8) is 0 Å². The molecule has 1 N–H and O–H groups in total. The Balaban J connectivity index is 1.73. The second kappa shape index (κ2) is 7.40. The van der Waals surface area contributed by atoms with Crippen LogP contribution in [0.3, 0.4) is 0 Å². The van der Waals surface area contributed by atoms with E-state index in [1.54, 1.807) is 0 Å². The van der Waals surface area contributed by atoms with Crippen molar-refractivity contribution in [2.24, 2.45) is 0 Å². The summed E-state index contributed by atoms with van der Waals surface area (Å²) < 4.78 is 0. The number of rotatable bonds is 7. The maximum Gasteiger partial charge on any atom is 0.105 e. The Labute approximate surface area is 124 Å². The van der Waals surface area contributed by atoms with Gasteiger partial charge in [0, 0.05) is 19.1 Å². The van der Waals surface area contributed by atoms with Gasteiger partial charge in [0.05, 0.1) is 6.07 Å². The molecule has 0 aliphatic carbocycles. The topological polar surface area (TPSA) is 42.3 Å². The molecule has 2 saturated heterocycles. The minimum absolute atomic E-state index is 0.359. The largest absolute Gasteiger partial charge is 0.302 e. The second-order valence-corrected chi connectivity index (χ2v) is 6.61. The van der Waals surface area contributed by atoms with Gasteiger partial charge in [-0.3, -0.25) is 10.2 Å². The van der Waals surface area contributed by atoms with Crippen molar-refractivity contribution >= 4 is 0 Å². The predicted octanol–water partition coefficient (Wildman–Crippen LogP) is 1.83. The number of hydrogen-bond acceptors (Lipinski definition) is 4. The van der Waals surface area contributed by atoms with Crippen LogP contribution in [-0.4, -0.2) is 60.6 Å². The van der Waals surface area contributed by atoms with Crippen molar-refractivity contribution in [2.75, 3.05) is 39.3 Å². The van der Waals surface area contributed by atoms with Crippen LogP contribution in [0.4, 0.5) is 0 Å². The van der Waals surface area contributed by atoms with Crippen molar-refractivity contribution in [1.29, 1.82) is 5.26 Å². The lowest BCUT2D eigenvalue weighted by atomic mass is 9.99. The summed E-state index contributed by atoms with van der Waals surface area (Å²) in [5, 5.41) is 12.8. The van der Waals surface area contributed by atoms with Crippen LogP contribution in [0.25, 0.3) is 0 Å². The lowest BCUT2D eigenvalue weighted by molar-refractivity contribution is 0.224. The zero-order valence-electron chi connectivity index (χ0n) is 13.2. The van der Waals surface area contributed by atoms with E-state index in [2.05, 4.69) is 28.1 Å². The zero-order valence-corrected chi connectivity index (χ0v) is 13.2. The van der Waals surface area contributed by atoms with Gasteiger partial charge >= 0.3 is 0 Å². The van der Waals surface area contributed by atoms with Crippen LogP contribution >= 0.6 is 0 Å². The Kier molecular flexibility index (Phi) is 5.83. The van der Waals surface area contributed by atoms with Gasteiger partial charge in [-0.2, -0.15) is 5.26 Å². The number of nitrogens with one attached hydrogen (secondary N) is 1. The Bertz CT molecular complexity index is 332. The molecular formula is C16H30N4. The van der Waals surface area contributed by atoms with Gasteiger partial charge < -0.3 is 4.90 Å². The fraction of sp³-hybridized carbons (Fsp3) is 0.938. The monoisotopic (exact) mass is 278 g/mol. The van der Waals surface area contributed by atoms with E-state index in [-0.39, 0.29) is 5.54 Å². The first-order valence-corrected chi connectivity index (χ1v) is 8.29.